The summed E-state index contributed by atoms with van der Waals surface area (Å²) in [7, 11) is 1.70. The molecular weight excluding hydrogens is 316 g/mol. The van der Waals surface area contributed by atoms with Gasteiger partial charge in [0, 0.05) is 24.2 Å². The minimum absolute atomic E-state index is 0.302. The second-order valence-electron chi connectivity index (χ2n) is 5.89. The van der Waals surface area contributed by atoms with Gasteiger partial charge in [0.15, 0.2) is 0 Å². The van der Waals surface area contributed by atoms with Gasteiger partial charge in [-0.2, -0.15) is 0 Å². The van der Waals surface area contributed by atoms with Crippen molar-refractivity contribution in [2.24, 2.45) is 0 Å². The topological polar surface area (TPSA) is 34.1 Å². The largest absolute Gasteiger partial charge is 0.496 e. The molecule has 0 aliphatic carbocycles. The van der Waals surface area contributed by atoms with Crippen LogP contribution in [0.1, 0.15) is 29.7 Å². The van der Waals surface area contributed by atoms with Gasteiger partial charge in [0.05, 0.1) is 12.7 Å². The van der Waals surface area contributed by atoms with E-state index in [9.17, 15) is 0 Å². The monoisotopic (exact) mass is 338 g/mol. The minimum Gasteiger partial charge on any atom is -0.496 e. The third kappa shape index (κ3) is 3.83. The number of thiazole rings is 1. The predicted octanol–water partition coefficient (Wildman–Crippen LogP) is 4.98. The van der Waals surface area contributed by atoms with Gasteiger partial charge in [-0.3, -0.25) is 0 Å². The molecule has 24 heavy (non-hydrogen) atoms. The molecule has 0 saturated carbocycles. The van der Waals surface area contributed by atoms with Crippen LogP contribution in [0.3, 0.4) is 0 Å². The fraction of sp³-hybridized carbons (Fsp3) is 0.250. The Balaban J connectivity index is 1.73. The highest BCUT2D eigenvalue weighted by molar-refractivity contribution is 7.13. The summed E-state index contributed by atoms with van der Waals surface area (Å²) in [5.41, 5.74) is 4.86. The predicted molar refractivity (Wildman–Crippen MR) is 101 cm³/mol. The quantitative estimate of drug-likeness (QED) is 0.688. The minimum atomic E-state index is 0.302. The van der Waals surface area contributed by atoms with Gasteiger partial charge in [-0.05, 0) is 37.1 Å². The van der Waals surface area contributed by atoms with Crippen LogP contribution >= 0.6 is 11.3 Å². The van der Waals surface area contributed by atoms with E-state index >= 15 is 0 Å². The number of nitrogens with one attached hydrogen (secondary N) is 1. The van der Waals surface area contributed by atoms with E-state index in [4.69, 9.17) is 4.74 Å². The summed E-state index contributed by atoms with van der Waals surface area (Å²) in [6.45, 7) is 5.10. The fourth-order valence-electron chi connectivity index (χ4n) is 2.63. The van der Waals surface area contributed by atoms with Gasteiger partial charge >= 0.3 is 0 Å². The Labute approximate surface area is 147 Å². The Bertz CT molecular complexity index is 782. The number of hydrogen-bond acceptors (Lipinski definition) is 4. The van der Waals surface area contributed by atoms with Gasteiger partial charge in [-0.1, -0.05) is 35.9 Å². The second kappa shape index (κ2) is 7.60. The van der Waals surface area contributed by atoms with Crippen molar-refractivity contribution in [3.63, 3.8) is 0 Å². The summed E-state index contributed by atoms with van der Waals surface area (Å²) >= 11 is 1.63. The average molecular weight is 338 g/mol. The van der Waals surface area contributed by atoms with Crippen molar-refractivity contribution >= 4 is 11.3 Å². The Morgan fingerprint density at radius 1 is 1.17 bits per heavy atom. The average Bonchev–Trinajstić information content (AvgIpc) is 3.14. The van der Waals surface area contributed by atoms with Crippen molar-refractivity contribution < 1.29 is 4.74 Å². The number of aromatic nitrogens is 1. The van der Waals surface area contributed by atoms with Crippen LogP contribution in [0.25, 0.3) is 10.6 Å². The first-order chi connectivity index (χ1) is 11.7. The summed E-state index contributed by atoms with van der Waals surface area (Å²) in [6.07, 6.45) is 1.82. The molecule has 0 saturated heterocycles. The first-order valence-electron chi connectivity index (χ1n) is 8.04. The van der Waals surface area contributed by atoms with Gasteiger partial charge in [-0.25, -0.2) is 4.98 Å². The van der Waals surface area contributed by atoms with Crippen LogP contribution in [0, 0.1) is 6.92 Å². The van der Waals surface area contributed by atoms with Crippen LogP contribution in [-0.2, 0) is 6.54 Å². The summed E-state index contributed by atoms with van der Waals surface area (Å²) in [5, 5.41) is 6.56. The van der Waals surface area contributed by atoms with Crippen molar-refractivity contribution in [2.45, 2.75) is 26.4 Å². The zero-order valence-corrected chi connectivity index (χ0v) is 15.1. The van der Waals surface area contributed by atoms with Crippen LogP contribution in [-0.4, -0.2) is 12.1 Å². The van der Waals surface area contributed by atoms with Crippen molar-refractivity contribution in [2.75, 3.05) is 7.11 Å². The first kappa shape index (κ1) is 16.7. The molecule has 0 aliphatic heterocycles. The number of ether oxygens (including phenoxy) is 1. The number of rotatable bonds is 6. The zero-order chi connectivity index (χ0) is 16.9. The van der Waals surface area contributed by atoms with Crippen molar-refractivity contribution in [3.8, 4) is 16.3 Å². The molecule has 3 nitrogen and oxygen atoms in total. The number of methoxy groups -OCH3 is 1. The molecule has 1 heterocycles. The summed E-state index contributed by atoms with van der Waals surface area (Å²) in [6, 6.07) is 15.3. The van der Waals surface area contributed by atoms with Gasteiger partial charge in [0.2, 0.25) is 0 Å². The molecule has 0 radical (unpaired) electrons. The molecule has 0 spiro atoms. The van der Waals surface area contributed by atoms with Gasteiger partial charge in [0.25, 0.3) is 0 Å². The maximum Gasteiger partial charge on any atom is 0.129 e. The van der Waals surface area contributed by atoms with Crippen molar-refractivity contribution in [3.05, 3.63) is 70.7 Å². The van der Waals surface area contributed by atoms with E-state index in [2.05, 4.69) is 60.5 Å². The van der Waals surface area contributed by atoms with E-state index in [0.29, 0.717) is 6.04 Å². The van der Waals surface area contributed by atoms with E-state index in [0.717, 1.165) is 22.9 Å². The molecule has 0 bridgehead atoms. The normalized spacial score (nSPS) is 12.1. The number of hydrogen-bond donors (Lipinski definition) is 1. The molecule has 0 fully saturated rings. The Morgan fingerprint density at radius 2 is 1.96 bits per heavy atom. The molecule has 3 aromatic rings. The smallest absolute Gasteiger partial charge is 0.129 e. The summed E-state index contributed by atoms with van der Waals surface area (Å²) in [5.74, 6) is 0.861. The Morgan fingerprint density at radius 3 is 2.62 bits per heavy atom. The van der Waals surface area contributed by atoms with E-state index in [-0.39, 0.29) is 0 Å². The summed E-state index contributed by atoms with van der Waals surface area (Å²) < 4.78 is 5.48. The van der Waals surface area contributed by atoms with Crippen LogP contribution in [0.5, 0.6) is 5.75 Å². The second-order valence-corrected chi connectivity index (χ2v) is 6.78. The molecule has 1 aromatic heterocycles. The van der Waals surface area contributed by atoms with E-state index in [1.807, 2.05) is 17.6 Å². The molecule has 0 unspecified atom stereocenters. The molecule has 2 aromatic carbocycles. The lowest BCUT2D eigenvalue weighted by molar-refractivity contribution is 0.416. The molecule has 1 N–H and O–H groups in total. The lowest BCUT2D eigenvalue weighted by Crippen LogP contribution is -2.18. The maximum absolute atomic E-state index is 5.48. The third-order valence-electron chi connectivity index (χ3n) is 4.12. The molecule has 0 amide bonds. The molecule has 0 aliphatic rings. The lowest BCUT2D eigenvalue weighted by atomic mass is 10.1. The first-order valence-corrected chi connectivity index (χ1v) is 8.92. The lowest BCUT2D eigenvalue weighted by Gasteiger charge is -2.15. The van der Waals surface area contributed by atoms with Crippen LogP contribution in [0.2, 0.25) is 0 Å². The Kier molecular flexibility index (Phi) is 5.28. The highest BCUT2D eigenvalue weighted by Crippen LogP contribution is 2.32. The molecule has 3 rings (SSSR count). The molecule has 124 valence electrons. The standard InChI is InChI=1S/C20H22N2OS/c1-14-4-7-17(8-5-14)15(2)22-13-16-6-9-19(23-3)18(12-16)20-21-10-11-24-20/h4-12,15,22H,13H2,1-3H3/t15-/m1/s1. The third-order valence-corrected chi connectivity index (χ3v) is 4.92. The van der Waals surface area contributed by atoms with Gasteiger partial charge < -0.3 is 10.1 Å². The highest BCUT2D eigenvalue weighted by atomic mass is 32.1. The van der Waals surface area contributed by atoms with E-state index in [1.54, 1.807) is 18.4 Å². The van der Waals surface area contributed by atoms with Gasteiger partial charge in [0.1, 0.15) is 10.8 Å². The molecule has 4 heteroatoms. The van der Waals surface area contributed by atoms with Crippen LogP contribution in [0.15, 0.2) is 54.0 Å². The van der Waals surface area contributed by atoms with Crippen molar-refractivity contribution in [1.29, 1.82) is 0 Å². The Hall–Kier alpha value is -2.17. The molecular formula is C20H22N2OS. The highest BCUT2D eigenvalue weighted by Gasteiger charge is 2.10. The van der Waals surface area contributed by atoms with Crippen LogP contribution in [0.4, 0.5) is 0 Å². The van der Waals surface area contributed by atoms with E-state index in [1.165, 1.54) is 16.7 Å². The van der Waals surface area contributed by atoms with E-state index < -0.39 is 0 Å². The number of nitrogens with zero attached hydrogens (tertiary/aromatic N) is 1. The van der Waals surface area contributed by atoms with Crippen LogP contribution < -0.4 is 10.1 Å². The van der Waals surface area contributed by atoms with Gasteiger partial charge in [-0.15, -0.1) is 11.3 Å². The number of benzene rings is 2. The molecule has 1 atom stereocenters. The van der Waals surface area contributed by atoms with Crippen molar-refractivity contribution in [1.82, 2.24) is 10.3 Å². The summed E-state index contributed by atoms with van der Waals surface area (Å²) in [4.78, 5) is 4.41. The SMILES string of the molecule is COc1ccc(CN[C@H](C)c2ccc(C)cc2)cc1-c1nccs1. The maximum atomic E-state index is 5.48. The number of aryl methyl sites for hydroxylation is 1. The fourth-order valence-corrected chi connectivity index (χ4v) is 3.29. The zero-order valence-electron chi connectivity index (χ0n) is 14.2.